The van der Waals surface area contributed by atoms with Gasteiger partial charge in [-0.25, -0.2) is 0 Å². The quantitative estimate of drug-likeness (QED) is 0.701. The summed E-state index contributed by atoms with van der Waals surface area (Å²) in [6.07, 6.45) is 2.60. The maximum absolute atomic E-state index is 12.6. The number of hydrogen-bond donors (Lipinski definition) is 2. The number of benzene rings is 2. The van der Waals surface area contributed by atoms with Gasteiger partial charge >= 0.3 is 0 Å². The van der Waals surface area contributed by atoms with E-state index < -0.39 is 0 Å². The van der Waals surface area contributed by atoms with Crippen LogP contribution in [0, 0.1) is 4.77 Å². The lowest BCUT2D eigenvalue weighted by molar-refractivity contribution is 0.102. The first-order chi connectivity index (χ1) is 11.2. The number of carbonyl (C=O) groups excluding carboxylic acids is 1. The van der Waals surface area contributed by atoms with Gasteiger partial charge in [0.1, 0.15) is 5.69 Å². The third-order valence-electron chi connectivity index (χ3n) is 3.64. The SMILES string of the molecule is CCc1ccc(NC(=O)c2c[nH]c(=S)n2-c2ccccc2)cc1. The molecule has 0 aliphatic rings. The standard InChI is InChI=1S/C18H17N3OS/c1-2-13-8-10-14(11-9-13)20-17(22)16-12-19-18(23)21(16)15-6-4-3-5-7-15/h3-12H,2H2,1H3,(H,19,23)(H,20,22). The monoisotopic (exact) mass is 323 g/mol. The number of para-hydroxylation sites is 1. The fourth-order valence-corrected chi connectivity index (χ4v) is 2.65. The smallest absolute Gasteiger partial charge is 0.274 e. The molecule has 0 aliphatic heterocycles. The Labute approximate surface area is 139 Å². The van der Waals surface area contributed by atoms with Crippen molar-refractivity contribution in [1.82, 2.24) is 9.55 Å². The summed E-state index contributed by atoms with van der Waals surface area (Å²) < 4.78 is 2.22. The van der Waals surface area contributed by atoms with Crippen LogP contribution in [-0.2, 0) is 6.42 Å². The highest BCUT2D eigenvalue weighted by Gasteiger charge is 2.14. The molecular weight excluding hydrogens is 306 g/mol. The minimum Gasteiger partial charge on any atom is -0.336 e. The van der Waals surface area contributed by atoms with Gasteiger partial charge in [-0.05, 0) is 48.5 Å². The zero-order chi connectivity index (χ0) is 16.2. The molecule has 0 spiro atoms. The second-order valence-corrected chi connectivity index (χ2v) is 5.54. The second-order valence-electron chi connectivity index (χ2n) is 5.15. The number of carbonyl (C=O) groups is 1. The molecule has 1 amide bonds. The third kappa shape index (κ3) is 3.24. The largest absolute Gasteiger partial charge is 0.336 e. The number of H-pyrrole nitrogens is 1. The van der Waals surface area contributed by atoms with Crippen LogP contribution in [0.15, 0.2) is 60.8 Å². The van der Waals surface area contributed by atoms with E-state index in [-0.39, 0.29) is 5.91 Å². The van der Waals surface area contributed by atoms with Crippen LogP contribution in [-0.4, -0.2) is 15.5 Å². The van der Waals surface area contributed by atoms with Gasteiger partial charge < -0.3 is 10.3 Å². The molecule has 1 heterocycles. The molecule has 5 heteroatoms. The number of aromatic amines is 1. The van der Waals surface area contributed by atoms with Crippen molar-refractivity contribution in [2.24, 2.45) is 0 Å². The summed E-state index contributed by atoms with van der Waals surface area (Å²) in [6.45, 7) is 2.10. The van der Waals surface area contributed by atoms with Crippen molar-refractivity contribution in [2.75, 3.05) is 5.32 Å². The molecule has 116 valence electrons. The van der Waals surface area contributed by atoms with Crippen LogP contribution in [0.3, 0.4) is 0 Å². The van der Waals surface area contributed by atoms with Crippen LogP contribution in [0.5, 0.6) is 0 Å². The predicted octanol–water partition coefficient (Wildman–Crippen LogP) is 4.35. The lowest BCUT2D eigenvalue weighted by Crippen LogP contribution is -2.16. The molecule has 2 aromatic carbocycles. The van der Waals surface area contributed by atoms with Gasteiger partial charge in [-0.3, -0.25) is 9.36 Å². The van der Waals surface area contributed by atoms with Gasteiger partial charge in [0.15, 0.2) is 4.77 Å². The summed E-state index contributed by atoms with van der Waals surface area (Å²) in [7, 11) is 0. The minimum absolute atomic E-state index is 0.203. The summed E-state index contributed by atoms with van der Waals surface area (Å²) in [5.74, 6) is -0.203. The van der Waals surface area contributed by atoms with E-state index in [1.54, 1.807) is 10.8 Å². The molecule has 0 radical (unpaired) electrons. The summed E-state index contributed by atoms with van der Waals surface area (Å²) >= 11 is 5.30. The van der Waals surface area contributed by atoms with Crippen LogP contribution < -0.4 is 5.32 Å². The van der Waals surface area contributed by atoms with Gasteiger partial charge in [-0.15, -0.1) is 0 Å². The highest BCUT2D eigenvalue weighted by Crippen LogP contribution is 2.15. The number of imidazole rings is 1. The first kappa shape index (κ1) is 15.2. The number of amides is 1. The van der Waals surface area contributed by atoms with E-state index in [1.807, 2.05) is 54.6 Å². The second kappa shape index (κ2) is 6.62. The van der Waals surface area contributed by atoms with Crippen LogP contribution >= 0.6 is 12.2 Å². The molecule has 23 heavy (non-hydrogen) atoms. The number of nitrogens with zero attached hydrogens (tertiary/aromatic N) is 1. The molecule has 2 N–H and O–H groups in total. The topological polar surface area (TPSA) is 49.8 Å². The van der Waals surface area contributed by atoms with Crippen LogP contribution in [0.1, 0.15) is 23.0 Å². The number of rotatable bonds is 4. The average molecular weight is 323 g/mol. The maximum Gasteiger partial charge on any atom is 0.274 e. The Morgan fingerprint density at radius 3 is 2.48 bits per heavy atom. The number of anilines is 1. The van der Waals surface area contributed by atoms with E-state index >= 15 is 0 Å². The highest BCUT2D eigenvalue weighted by atomic mass is 32.1. The van der Waals surface area contributed by atoms with Crippen molar-refractivity contribution in [3.63, 3.8) is 0 Å². The van der Waals surface area contributed by atoms with Gasteiger partial charge in [0.25, 0.3) is 5.91 Å². The Morgan fingerprint density at radius 2 is 1.83 bits per heavy atom. The van der Waals surface area contributed by atoms with Gasteiger partial charge in [-0.2, -0.15) is 0 Å². The zero-order valence-electron chi connectivity index (χ0n) is 12.7. The zero-order valence-corrected chi connectivity index (χ0v) is 13.6. The molecule has 3 rings (SSSR count). The molecule has 0 fully saturated rings. The number of aromatic nitrogens is 2. The molecule has 0 atom stereocenters. The fraction of sp³-hybridized carbons (Fsp3) is 0.111. The molecule has 1 aromatic heterocycles. The highest BCUT2D eigenvalue weighted by molar-refractivity contribution is 7.71. The van der Waals surface area contributed by atoms with E-state index in [2.05, 4.69) is 17.2 Å². The average Bonchev–Trinajstić information content (AvgIpc) is 2.98. The fourth-order valence-electron chi connectivity index (χ4n) is 2.39. The summed E-state index contributed by atoms with van der Waals surface area (Å²) in [6, 6.07) is 17.4. The van der Waals surface area contributed by atoms with Gasteiger partial charge in [-0.1, -0.05) is 37.3 Å². The van der Waals surface area contributed by atoms with E-state index in [4.69, 9.17) is 12.2 Å². The molecule has 0 saturated heterocycles. The summed E-state index contributed by atoms with van der Waals surface area (Å²) in [4.78, 5) is 15.5. The first-order valence-electron chi connectivity index (χ1n) is 7.45. The maximum atomic E-state index is 12.6. The molecule has 4 nitrogen and oxygen atoms in total. The van der Waals surface area contributed by atoms with Crippen LogP contribution in [0.25, 0.3) is 5.69 Å². The van der Waals surface area contributed by atoms with E-state index in [1.165, 1.54) is 5.56 Å². The molecule has 3 aromatic rings. The normalized spacial score (nSPS) is 10.5. The number of nitrogens with one attached hydrogen (secondary N) is 2. The van der Waals surface area contributed by atoms with Crippen molar-refractivity contribution in [1.29, 1.82) is 0 Å². The van der Waals surface area contributed by atoms with Gasteiger partial charge in [0.05, 0.1) is 0 Å². The number of aryl methyl sites for hydroxylation is 1. The van der Waals surface area contributed by atoms with E-state index in [9.17, 15) is 4.79 Å². The van der Waals surface area contributed by atoms with Gasteiger partial charge in [0.2, 0.25) is 0 Å². The van der Waals surface area contributed by atoms with Crippen molar-refractivity contribution in [3.8, 4) is 5.69 Å². The first-order valence-corrected chi connectivity index (χ1v) is 7.86. The lowest BCUT2D eigenvalue weighted by Gasteiger charge is -2.09. The molecule has 0 bridgehead atoms. The molecule has 0 saturated carbocycles. The number of hydrogen-bond acceptors (Lipinski definition) is 2. The Bertz CT molecular complexity index is 863. The Morgan fingerprint density at radius 1 is 1.13 bits per heavy atom. The van der Waals surface area contributed by atoms with Gasteiger partial charge in [0, 0.05) is 17.6 Å². The molecular formula is C18H17N3OS. The molecule has 0 unspecified atom stereocenters. The minimum atomic E-state index is -0.203. The Kier molecular flexibility index (Phi) is 4.39. The molecule has 0 aliphatic carbocycles. The van der Waals surface area contributed by atoms with Crippen molar-refractivity contribution in [3.05, 3.63) is 76.8 Å². The van der Waals surface area contributed by atoms with Crippen molar-refractivity contribution in [2.45, 2.75) is 13.3 Å². The Balaban J connectivity index is 1.90. The van der Waals surface area contributed by atoms with Crippen molar-refractivity contribution >= 4 is 23.8 Å². The summed E-state index contributed by atoms with van der Waals surface area (Å²) in [5.41, 5.74) is 3.32. The van der Waals surface area contributed by atoms with Crippen LogP contribution in [0.2, 0.25) is 0 Å². The lowest BCUT2D eigenvalue weighted by atomic mass is 10.1. The van der Waals surface area contributed by atoms with E-state index in [0.717, 1.165) is 17.8 Å². The predicted molar refractivity (Wildman–Crippen MR) is 94.7 cm³/mol. The van der Waals surface area contributed by atoms with E-state index in [0.29, 0.717) is 10.5 Å². The third-order valence-corrected chi connectivity index (χ3v) is 3.94. The Hall–Kier alpha value is -2.66. The van der Waals surface area contributed by atoms with Crippen LogP contribution in [0.4, 0.5) is 5.69 Å². The summed E-state index contributed by atoms with van der Waals surface area (Å²) in [5, 5.41) is 2.91. The van der Waals surface area contributed by atoms with Crippen molar-refractivity contribution < 1.29 is 4.79 Å².